The Morgan fingerprint density at radius 3 is 2.85 bits per heavy atom. The number of aliphatic hydroxyl groups excluding tert-OH is 1. The first-order valence-corrected chi connectivity index (χ1v) is 11.8. The second kappa shape index (κ2) is 10.8. The van der Waals surface area contributed by atoms with E-state index in [-0.39, 0.29) is 18.2 Å². The van der Waals surface area contributed by atoms with Crippen LogP contribution in [0.5, 0.6) is 0 Å². The summed E-state index contributed by atoms with van der Waals surface area (Å²) in [6.07, 6.45) is 3.95. The van der Waals surface area contributed by atoms with Gasteiger partial charge in [0, 0.05) is 25.3 Å². The van der Waals surface area contributed by atoms with Gasteiger partial charge in [0.1, 0.15) is 12.3 Å². The fourth-order valence-electron chi connectivity index (χ4n) is 4.55. The van der Waals surface area contributed by atoms with Crippen molar-refractivity contribution in [1.82, 2.24) is 30.1 Å². The Hall–Kier alpha value is -3.30. The van der Waals surface area contributed by atoms with E-state index in [4.69, 9.17) is 4.42 Å². The molecule has 0 aliphatic rings. The molecule has 0 amide bonds. The number of rotatable bonds is 11. The van der Waals surface area contributed by atoms with Crippen molar-refractivity contribution in [3.63, 3.8) is 0 Å². The van der Waals surface area contributed by atoms with Gasteiger partial charge in [0.25, 0.3) is 5.56 Å². The van der Waals surface area contributed by atoms with E-state index in [1.54, 1.807) is 10.9 Å². The van der Waals surface area contributed by atoms with Gasteiger partial charge in [-0.15, -0.1) is 5.10 Å². The van der Waals surface area contributed by atoms with Crippen molar-refractivity contribution in [2.24, 2.45) is 0 Å². The molecule has 0 fully saturated rings. The monoisotopic (exact) mass is 464 g/mol. The molecule has 4 aromatic rings. The molecule has 9 heteroatoms. The van der Waals surface area contributed by atoms with Gasteiger partial charge >= 0.3 is 0 Å². The largest absolute Gasteiger partial charge is 0.467 e. The second-order valence-electron chi connectivity index (χ2n) is 8.80. The number of nitrogens with one attached hydrogen (secondary N) is 1. The predicted octanol–water partition coefficient (Wildman–Crippen LogP) is 3.50. The average Bonchev–Trinajstić information content (AvgIpc) is 3.49. The Morgan fingerprint density at radius 1 is 1.26 bits per heavy atom. The zero-order valence-electron chi connectivity index (χ0n) is 20.0. The molecule has 2 N–H and O–H groups in total. The Kier molecular flexibility index (Phi) is 7.54. The number of hydrogen-bond acceptors (Lipinski definition) is 7. The van der Waals surface area contributed by atoms with Crippen LogP contribution in [-0.2, 0) is 13.1 Å². The highest BCUT2D eigenvalue weighted by molar-refractivity contribution is 5.82. The number of aliphatic hydroxyl groups is 1. The van der Waals surface area contributed by atoms with Crippen molar-refractivity contribution in [2.45, 2.75) is 59.2 Å². The van der Waals surface area contributed by atoms with E-state index in [0.29, 0.717) is 31.6 Å². The summed E-state index contributed by atoms with van der Waals surface area (Å²) in [7, 11) is 0. The number of aromatic amines is 1. The maximum atomic E-state index is 13.0. The van der Waals surface area contributed by atoms with Gasteiger partial charge in [-0.2, -0.15) is 0 Å². The fourth-order valence-corrected chi connectivity index (χ4v) is 4.55. The molecule has 1 aromatic carbocycles. The Bertz CT molecular complexity index is 1280. The summed E-state index contributed by atoms with van der Waals surface area (Å²) < 4.78 is 7.24. The molecule has 4 rings (SSSR count). The van der Waals surface area contributed by atoms with Crippen molar-refractivity contribution in [1.29, 1.82) is 0 Å². The quantitative estimate of drug-likeness (QED) is 0.349. The van der Waals surface area contributed by atoms with E-state index >= 15 is 0 Å². The van der Waals surface area contributed by atoms with E-state index in [1.165, 1.54) is 0 Å². The Labute approximate surface area is 198 Å². The highest BCUT2D eigenvalue weighted by atomic mass is 16.3. The highest BCUT2D eigenvalue weighted by Crippen LogP contribution is 2.27. The molecule has 0 spiro atoms. The van der Waals surface area contributed by atoms with E-state index in [0.717, 1.165) is 46.5 Å². The minimum absolute atomic E-state index is 0.0686. The summed E-state index contributed by atoms with van der Waals surface area (Å²) in [5.74, 6) is 1.49. The molecule has 3 aromatic heterocycles. The number of aryl methyl sites for hydroxylation is 2. The van der Waals surface area contributed by atoms with Crippen LogP contribution in [-0.4, -0.2) is 48.3 Å². The van der Waals surface area contributed by atoms with Crippen LogP contribution in [0.15, 0.2) is 45.8 Å². The maximum Gasteiger partial charge on any atom is 0.252 e. The third-order valence-corrected chi connectivity index (χ3v) is 6.09. The van der Waals surface area contributed by atoms with Crippen LogP contribution in [0.4, 0.5) is 0 Å². The number of nitrogens with zero attached hydrogens (tertiary/aromatic N) is 5. The number of aromatic nitrogens is 5. The zero-order chi connectivity index (χ0) is 24.1. The molecule has 1 atom stereocenters. The molecule has 34 heavy (non-hydrogen) atoms. The summed E-state index contributed by atoms with van der Waals surface area (Å²) in [5, 5.41) is 23.0. The lowest BCUT2D eigenvalue weighted by Gasteiger charge is -2.30. The van der Waals surface area contributed by atoms with Gasteiger partial charge in [0.15, 0.2) is 5.82 Å². The van der Waals surface area contributed by atoms with Crippen LogP contribution in [0.1, 0.15) is 60.5 Å². The van der Waals surface area contributed by atoms with Crippen molar-refractivity contribution in [2.75, 3.05) is 13.2 Å². The molecule has 0 saturated carbocycles. The fraction of sp³-hybridized carbons (Fsp3) is 0.440. The number of tetrazole rings is 1. The number of furan rings is 1. The number of hydrogen-bond donors (Lipinski definition) is 2. The van der Waals surface area contributed by atoms with Gasteiger partial charge in [0.05, 0.1) is 17.8 Å². The number of fused-ring (bicyclic) bond motifs is 1. The average molecular weight is 465 g/mol. The smallest absolute Gasteiger partial charge is 0.252 e. The van der Waals surface area contributed by atoms with Crippen molar-refractivity contribution in [3.8, 4) is 0 Å². The molecule has 0 aliphatic heterocycles. The van der Waals surface area contributed by atoms with Crippen LogP contribution in [0, 0.1) is 13.8 Å². The van der Waals surface area contributed by atoms with Crippen LogP contribution in [0.2, 0.25) is 0 Å². The minimum Gasteiger partial charge on any atom is -0.467 e. The Morgan fingerprint density at radius 2 is 2.12 bits per heavy atom. The first kappa shape index (κ1) is 23.8. The first-order chi connectivity index (χ1) is 16.5. The second-order valence-corrected chi connectivity index (χ2v) is 8.80. The minimum atomic E-state index is -0.115. The molecule has 9 nitrogen and oxygen atoms in total. The van der Waals surface area contributed by atoms with E-state index < -0.39 is 0 Å². The van der Waals surface area contributed by atoms with Crippen LogP contribution >= 0.6 is 0 Å². The number of pyridine rings is 1. The van der Waals surface area contributed by atoms with Gasteiger partial charge < -0.3 is 14.5 Å². The summed E-state index contributed by atoms with van der Waals surface area (Å²) in [4.78, 5) is 18.3. The summed E-state index contributed by atoms with van der Waals surface area (Å²) in [5.41, 5.74) is 3.66. The molecule has 180 valence electrons. The van der Waals surface area contributed by atoms with Crippen molar-refractivity contribution < 1.29 is 9.52 Å². The number of H-pyrrole nitrogens is 1. The van der Waals surface area contributed by atoms with Gasteiger partial charge in [-0.1, -0.05) is 25.0 Å². The predicted molar refractivity (Wildman–Crippen MR) is 129 cm³/mol. The number of benzene rings is 1. The first-order valence-electron chi connectivity index (χ1n) is 11.8. The summed E-state index contributed by atoms with van der Waals surface area (Å²) >= 11 is 0. The van der Waals surface area contributed by atoms with Gasteiger partial charge in [-0.05, 0) is 72.3 Å². The van der Waals surface area contributed by atoms with E-state index in [1.807, 2.05) is 25.1 Å². The maximum absolute atomic E-state index is 13.0. The van der Waals surface area contributed by atoms with Crippen LogP contribution < -0.4 is 5.56 Å². The molecule has 0 saturated heterocycles. The molecular formula is C25H32N6O3. The highest BCUT2D eigenvalue weighted by Gasteiger charge is 2.26. The summed E-state index contributed by atoms with van der Waals surface area (Å²) in [6, 6.07) is 9.76. The standard InChI is InChI=1S/C25H32N6O3/c1-4-7-22(24-27-28-29-31(24)16-21-8-5-11-34-21)30(9-6-10-32)15-20-14-19-13-17(2)12-18(3)23(19)26-25(20)33/h5,8,11-14,22,32H,4,6-7,9-10,15-16H2,1-3H3,(H,26,33). The van der Waals surface area contributed by atoms with E-state index in [2.05, 4.69) is 51.4 Å². The van der Waals surface area contributed by atoms with Crippen molar-refractivity contribution in [3.05, 3.63) is 75.2 Å². The topological polar surface area (TPSA) is 113 Å². The lowest BCUT2D eigenvalue weighted by atomic mass is 10.0. The molecule has 0 bridgehead atoms. The third-order valence-electron chi connectivity index (χ3n) is 6.09. The SMILES string of the molecule is CCCC(c1nnnn1Cc1ccco1)N(CCCO)Cc1cc2cc(C)cc(C)c2[nH]c1=O. The van der Waals surface area contributed by atoms with Crippen LogP contribution in [0.3, 0.4) is 0 Å². The summed E-state index contributed by atoms with van der Waals surface area (Å²) in [6.45, 7) is 7.72. The lowest BCUT2D eigenvalue weighted by molar-refractivity contribution is 0.147. The van der Waals surface area contributed by atoms with E-state index in [9.17, 15) is 9.90 Å². The normalized spacial score (nSPS) is 12.6. The molecular weight excluding hydrogens is 432 g/mol. The van der Waals surface area contributed by atoms with Crippen LogP contribution in [0.25, 0.3) is 10.9 Å². The lowest BCUT2D eigenvalue weighted by Crippen LogP contribution is -2.34. The zero-order valence-corrected chi connectivity index (χ0v) is 20.0. The van der Waals surface area contributed by atoms with Crippen molar-refractivity contribution >= 4 is 10.9 Å². The van der Waals surface area contributed by atoms with Gasteiger partial charge in [0.2, 0.25) is 0 Å². The third kappa shape index (κ3) is 5.26. The molecule has 3 heterocycles. The molecule has 1 unspecified atom stereocenters. The molecule has 0 radical (unpaired) electrons. The molecule has 0 aliphatic carbocycles. The Balaban J connectivity index is 1.70. The van der Waals surface area contributed by atoms with Gasteiger partial charge in [-0.3, -0.25) is 9.69 Å². The van der Waals surface area contributed by atoms with Gasteiger partial charge in [-0.25, -0.2) is 4.68 Å².